The smallest absolute Gasteiger partial charge is 0.324 e. The minimum atomic E-state index is 0.0882. The molecule has 5 nitrogen and oxygen atoms in total. The second-order valence-corrected chi connectivity index (χ2v) is 5.47. The zero-order chi connectivity index (χ0) is 14.4. The molecule has 0 aliphatic carbocycles. The average Bonchev–Trinajstić information content (AvgIpc) is 2.49. The monoisotopic (exact) mass is 276 g/mol. The second kappa shape index (κ2) is 7.24. The Labute approximate surface area is 121 Å². The molecule has 2 rings (SSSR count). The fourth-order valence-electron chi connectivity index (χ4n) is 2.38. The van der Waals surface area contributed by atoms with Crippen molar-refractivity contribution in [2.75, 3.05) is 45.2 Å². The Morgan fingerprint density at radius 1 is 1.20 bits per heavy atom. The molecule has 110 valence electrons. The number of rotatable bonds is 4. The maximum absolute atomic E-state index is 12.7. The van der Waals surface area contributed by atoms with Crippen LogP contribution in [0.5, 0.6) is 0 Å². The minimum absolute atomic E-state index is 0.0882. The Bertz CT molecular complexity index is 415. The van der Waals surface area contributed by atoms with E-state index in [9.17, 15) is 4.79 Å². The molecule has 0 aromatic carbocycles. The van der Waals surface area contributed by atoms with Gasteiger partial charge in [-0.25, -0.2) is 9.78 Å². The van der Waals surface area contributed by atoms with Gasteiger partial charge in [0.25, 0.3) is 0 Å². The van der Waals surface area contributed by atoms with Gasteiger partial charge in [-0.2, -0.15) is 0 Å². The largest absolute Gasteiger partial charge is 0.325 e. The van der Waals surface area contributed by atoms with Crippen LogP contribution in [-0.2, 0) is 0 Å². The number of hydrogen-bond donors (Lipinski definition) is 0. The molecule has 1 saturated heterocycles. The Kier molecular flexibility index (Phi) is 5.35. The average molecular weight is 276 g/mol. The first-order valence-corrected chi connectivity index (χ1v) is 7.30. The topological polar surface area (TPSA) is 39.7 Å². The molecule has 20 heavy (non-hydrogen) atoms. The Hall–Kier alpha value is -1.62. The van der Waals surface area contributed by atoms with Gasteiger partial charge in [-0.1, -0.05) is 6.07 Å². The third-order valence-electron chi connectivity index (χ3n) is 3.55. The molecule has 0 N–H and O–H groups in total. The van der Waals surface area contributed by atoms with Crippen molar-refractivity contribution in [1.29, 1.82) is 0 Å². The molecule has 1 aliphatic heterocycles. The fraction of sp³-hybridized carbons (Fsp3) is 0.600. The van der Waals surface area contributed by atoms with Crippen LogP contribution in [0.4, 0.5) is 10.6 Å². The van der Waals surface area contributed by atoms with Crippen molar-refractivity contribution in [3.63, 3.8) is 0 Å². The van der Waals surface area contributed by atoms with Crippen molar-refractivity contribution in [3.05, 3.63) is 24.4 Å². The van der Waals surface area contributed by atoms with Crippen molar-refractivity contribution in [2.45, 2.75) is 19.3 Å². The third-order valence-corrected chi connectivity index (χ3v) is 3.55. The number of piperidine rings is 1. The van der Waals surface area contributed by atoms with Crippen molar-refractivity contribution in [2.24, 2.45) is 0 Å². The number of likely N-dealkylation sites (N-methyl/N-ethyl adjacent to an activating group) is 1. The summed E-state index contributed by atoms with van der Waals surface area (Å²) in [7, 11) is 4.03. The lowest BCUT2D eigenvalue weighted by atomic mass is 10.1. The van der Waals surface area contributed by atoms with E-state index in [1.54, 1.807) is 11.1 Å². The number of carbonyl (C=O) groups is 1. The third kappa shape index (κ3) is 3.93. The molecule has 0 atom stereocenters. The van der Waals surface area contributed by atoms with Crippen molar-refractivity contribution >= 4 is 11.8 Å². The number of hydrogen-bond acceptors (Lipinski definition) is 3. The van der Waals surface area contributed by atoms with E-state index in [1.807, 2.05) is 37.2 Å². The molecule has 0 unspecified atom stereocenters. The van der Waals surface area contributed by atoms with E-state index in [0.717, 1.165) is 38.3 Å². The number of aromatic nitrogens is 1. The van der Waals surface area contributed by atoms with Gasteiger partial charge in [0, 0.05) is 32.4 Å². The molecule has 1 aromatic rings. The van der Waals surface area contributed by atoms with Gasteiger partial charge in [-0.15, -0.1) is 0 Å². The second-order valence-electron chi connectivity index (χ2n) is 5.47. The molecule has 0 bridgehead atoms. The maximum atomic E-state index is 12.7. The SMILES string of the molecule is CN(C)CCN(C(=O)N1CCCCC1)c1ccccn1. The number of pyridine rings is 1. The van der Waals surface area contributed by atoms with Gasteiger partial charge < -0.3 is 9.80 Å². The van der Waals surface area contributed by atoms with E-state index >= 15 is 0 Å². The van der Waals surface area contributed by atoms with Crippen LogP contribution >= 0.6 is 0 Å². The number of carbonyl (C=O) groups excluding carboxylic acids is 1. The van der Waals surface area contributed by atoms with Crippen LogP contribution in [0.1, 0.15) is 19.3 Å². The van der Waals surface area contributed by atoms with E-state index in [4.69, 9.17) is 0 Å². The zero-order valence-corrected chi connectivity index (χ0v) is 12.5. The Balaban J connectivity index is 2.10. The van der Waals surface area contributed by atoms with Crippen LogP contribution in [0.2, 0.25) is 0 Å². The standard InChI is InChI=1S/C15H24N4O/c1-17(2)12-13-19(14-8-4-5-9-16-14)15(20)18-10-6-3-7-11-18/h4-5,8-9H,3,6-7,10-13H2,1-2H3. The van der Waals surface area contributed by atoms with Gasteiger partial charge >= 0.3 is 6.03 Å². The van der Waals surface area contributed by atoms with E-state index in [1.165, 1.54) is 6.42 Å². The highest BCUT2D eigenvalue weighted by Crippen LogP contribution is 2.16. The summed E-state index contributed by atoms with van der Waals surface area (Å²) < 4.78 is 0. The summed E-state index contributed by atoms with van der Waals surface area (Å²) in [5, 5.41) is 0. The summed E-state index contributed by atoms with van der Waals surface area (Å²) in [4.78, 5) is 22.9. The highest BCUT2D eigenvalue weighted by atomic mass is 16.2. The highest BCUT2D eigenvalue weighted by molar-refractivity contribution is 5.91. The normalized spacial score (nSPS) is 15.4. The Morgan fingerprint density at radius 3 is 2.55 bits per heavy atom. The van der Waals surface area contributed by atoms with E-state index in [2.05, 4.69) is 9.88 Å². The number of anilines is 1. The van der Waals surface area contributed by atoms with Gasteiger partial charge in [0.2, 0.25) is 0 Å². The van der Waals surface area contributed by atoms with E-state index in [0.29, 0.717) is 6.54 Å². The molecular formula is C15H24N4O. The molecule has 1 fully saturated rings. The van der Waals surface area contributed by atoms with Crippen LogP contribution in [0.15, 0.2) is 24.4 Å². The quantitative estimate of drug-likeness (QED) is 0.845. The first-order chi connectivity index (χ1) is 9.68. The molecule has 2 amide bonds. The van der Waals surface area contributed by atoms with Crippen molar-refractivity contribution < 1.29 is 4.79 Å². The summed E-state index contributed by atoms with van der Waals surface area (Å²) in [6.07, 6.45) is 5.18. The lowest BCUT2D eigenvalue weighted by Crippen LogP contribution is -2.47. The number of likely N-dealkylation sites (tertiary alicyclic amines) is 1. The molecule has 2 heterocycles. The van der Waals surface area contributed by atoms with Crippen LogP contribution in [0.3, 0.4) is 0 Å². The molecule has 0 saturated carbocycles. The number of amides is 2. The van der Waals surface area contributed by atoms with Gasteiger partial charge in [0.05, 0.1) is 0 Å². The van der Waals surface area contributed by atoms with Gasteiger partial charge in [0.15, 0.2) is 0 Å². The fourth-order valence-corrected chi connectivity index (χ4v) is 2.38. The minimum Gasteiger partial charge on any atom is -0.324 e. The van der Waals surface area contributed by atoms with Crippen LogP contribution in [0.25, 0.3) is 0 Å². The highest BCUT2D eigenvalue weighted by Gasteiger charge is 2.24. The molecule has 5 heteroatoms. The number of nitrogens with zero attached hydrogens (tertiary/aromatic N) is 4. The maximum Gasteiger partial charge on any atom is 0.325 e. The van der Waals surface area contributed by atoms with Gasteiger partial charge in [-0.05, 0) is 45.5 Å². The molecular weight excluding hydrogens is 252 g/mol. The lowest BCUT2D eigenvalue weighted by molar-refractivity contribution is 0.192. The summed E-state index contributed by atoms with van der Waals surface area (Å²) in [6, 6.07) is 5.79. The van der Waals surface area contributed by atoms with Gasteiger partial charge in [0.1, 0.15) is 5.82 Å². The zero-order valence-electron chi connectivity index (χ0n) is 12.5. The first-order valence-electron chi connectivity index (χ1n) is 7.30. The summed E-state index contributed by atoms with van der Waals surface area (Å²) >= 11 is 0. The van der Waals surface area contributed by atoms with E-state index < -0.39 is 0 Å². The lowest BCUT2D eigenvalue weighted by Gasteiger charge is -2.33. The van der Waals surface area contributed by atoms with E-state index in [-0.39, 0.29) is 6.03 Å². The predicted octanol–water partition coefficient (Wildman–Crippen LogP) is 2.06. The number of urea groups is 1. The van der Waals surface area contributed by atoms with Crippen LogP contribution < -0.4 is 4.90 Å². The first kappa shape index (κ1) is 14.8. The predicted molar refractivity (Wildman–Crippen MR) is 81.0 cm³/mol. The van der Waals surface area contributed by atoms with Crippen molar-refractivity contribution in [3.8, 4) is 0 Å². The molecule has 1 aliphatic rings. The molecule has 0 spiro atoms. The van der Waals surface area contributed by atoms with Crippen LogP contribution in [-0.4, -0.2) is 61.1 Å². The Morgan fingerprint density at radius 2 is 1.95 bits per heavy atom. The summed E-state index contributed by atoms with van der Waals surface area (Å²) in [5.41, 5.74) is 0. The van der Waals surface area contributed by atoms with Crippen LogP contribution in [0, 0.1) is 0 Å². The summed E-state index contributed by atoms with van der Waals surface area (Å²) in [5.74, 6) is 0.741. The molecule has 0 radical (unpaired) electrons. The van der Waals surface area contributed by atoms with Crippen molar-refractivity contribution in [1.82, 2.24) is 14.8 Å². The summed E-state index contributed by atoms with van der Waals surface area (Å²) in [6.45, 7) is 3.23. The molecule has 1 aromatic heterocycles. The van der Waals surface area contributed by atoms with Gasteiger partial charge in [-0.3, -0.25) is 4.90 Å².